The highest BCUT2D eigenvalue weighted by Crippen LogP contribution is 2.22. The van der Waals surface area contributed by atoms with Gasteiger partial charge in [-0.15, -0.1) is 11.8 Å². The van der Waals surface area contributed by atoms with Crippen molar-refractivity contribution in [2.75, 3.05) is 11.5 Å². The summed E-state index contributed by atoms with van der Waals surface area (Å²) in [5, 5.41) is 0.798. The van der Waals surface area contributed by atoms with Crippen LogP contribution in [0.15, 0.2) is 29.2 Å². The molecule has 0 amide bonds. The Balaban J connectivity index is 2.41. The largest absolute Gasteiger partial charge is 0.179 e. The fourth-order valence-electron chi connectivity index (χ4n) is 0.822. The number of hydrogen-bond donors (Lipinski definition) is 1. The van der Waals surface area contributed by atoms with Gasteiger partial charge in [-0.05, 0) is 35.9 Å². The van der Waals surface area contributed by atoms with Crippen LogP contribution in [0.1, 0.15) is 6.92 Å². The van der Waals surface area contributed by atoms with Crippen molar-refractivity contribution in [3.05, 3.63) is 29.3 Å². The number of thiol groups is 1. The Kier molecular flexibility index (Phi) is 5.07. The first-order valence-corrected chi connectivity index (χ1v) is 6.21. The molecule has 0 heterocycles. The van der Waals surface area contributed by atoms with Gasteiger partial charge in [-0.25, -0.2) is 0 Å². The zero-order chi connectivity index (χ0) is 9.68. The molecule has 0 aromatic heterocycles. The third kappa shape index (κ3) is 4.30. The van der Waals surface area contributed by atoms with Crippen LogP contribution >= 0.6 is 36.0 Å². The van der Waals surface area contributed by atoms with E-state index in [4.69, 9.17) is 11.6 Å². The second kappa shape index (κ2) is 5.84. The molecule has 1 rings (SSSR count). The summed E-state index contributed by atoms with van der Waals surface area (Å²) in [6.45, 7) is 2.20. The van der Waals surface area contributed by atoms with Crippen LogP contribution in [0.25, 0.3) is 0 Å². The molecule has 0 aliphatic heterocycles. The Morgan fingerprint density at radius 3 is 2.54 bits per heavy atom. The van der Waals surface area contributed by atoms with E-state index < -0.39 is 0 Å². The van der Waals surface area contributed by atoms with Gasteiger partial charge >= 0.3 is 0 Å². The van der Waals surface area contributed by atoms with Crippen molar-refractivity contribution in [2.45, 2.75) is 11.8 Å². The summed E-state index contributed by atoms with van der Waals surface area (Å²) in [5.41, 5.74) is 0. The zero-order valence-corrected chi connectivity index (χ0v) is 10.0. The molecule has 3 heteroatoms. The zero-order valence-electron chi connectivity index (χ0n) is 7.53. The molecule has 0 aliphatic rings. The van der Waals surface area contributed by atoms with Crippen LogP contribution < -0.4 is 0 Å². The fourth-order valence-corrected chi connectivity index (χ4v) is 2.18. The van der Waals surface area contributed by atoms with E-state index in [0.29, 0.717) is 5.92 Å². The molecule has 0 N–H and O–H groups in total. The number of rotatable bonds is 4. The Labute approximate surface area is 94.5 Å². The van der Waals surface area contributed by atoms with Gasteiger partial charge in [0.25, 0.3) is 0 Å². The van der Waals surface area contributed by atoms with E-state index >= 15 is 0 Å². The third-order valence-electron chi connectivity index (χ3n) is 1.66. The maximum atomic E-state index is 5.78. The van der Waals surface area contributed by atoms with Crippen LogP contribution in [0, 0.1) is 5.92 Å². The molecule has 0 bridgehead atoms. The quantitative estimate of drug-likeness (QED) is 0.605. The number of benzene rings is 1. The van der Waals surface area contributed by atoms with Gasteiger partial charge in [-0.3, -0.25) is 0 Å². The monoisotopic (exact) mass is 232 g/mol. The summed E-state index contributed by atoms with van der Waals surface area (Å²) in [7, 11) is 0. The normalized spacial score (nSPS) is 12.8. The molecular weight excluding hydrogens is 220 g/mol. The van der Waals surface area contributed by atoms with Gasteiger partial charge in [-0.1, -0.05) is 18.5 Å². The maximum Gasteiger partial charge on any atom is 0.0406 e. The van der Waals surface area contributed by atoms with Gasteiger partial charge in [-0.2, -0.15) is 12.6 Å². The van der Waals surface area contributed by atoms with Crippen molar-refractivity contribution in [3.8, 4) is 0 Å². The van der Waals surface area contributed by atoms with Gasteiger partial charge in [0.2, 0.25) is 0 Å². The summed E-state index contributed by atoms with van der Waals surface area (Å²) >= 11 is 11.9. The second-order valence-electron chi connectivity index (χ2n) is 3.05. The Bertz CT molecular complexity index is 246. The lowest BCUT2D eigenvalue weighted by Crippen LogP contribution is -1.98. The van der Waals surface area contributed by atoms with E-state index in [1.54, 1.807) is 0 Å². The Morgan fingerprint density at radius 2 is 2.00 bits per heavy atom. The minimum Gasteiger partial charge on any atom is -0.179 e. The van der Waals surface area contributed by atoms with Gasteiger partial charge < -0.3 is 0 Å². The lowest BCUT2D eigenvalue weighted by atomic mass is 10.3. The number of thioether (sulfide) groups is 1. The summed E-state index contributed by atoms with van der Waals surface area (Å²) in [6.07, 6.45) is 0. The Hall–Kier alpha value is 0.210. The summed E-state index contributed by atoms with van der Waals surface area (Å²) < 4.78 is 0. The molecule has 0 aliphatic carbocycles. The molecule has 0 saturated carbocycles. The molecule has 72 valence electrons. The van der Waals surface area contributed by atoms with E-state index in [0.717, 1.165) is 16.5 Å². The van der Waals surface area contributed by atoms with Crippen LogP contribution in [0.4, 0.5) is 0 Å². The molecule has 0 fully saturated rings. The molecule has 1 unspecified atom stereocenters. The molecule has 0 saturated heterocycles. The van der Waals surface area contributed by atoms with Gasteiger partial charge in [0.05, 0.1) is 0 Å². The summed E-state index contributed by atoms with van der Waals surface area (Å²) in [6, 6.07) is 7.96. The van der Waals surface area contributed by atoms with Crippen LogP contribution in [0.5, 0.6) is 0 Å². The first-order chi connectivity index (χ1) is 6.22. The standard InChI is InChI=1S/C10H13ClS2/c1-8(6-12)7-13-10-4-2-9(11)3-5-10/h2-5,8,12H,6-7H2,1H3. The van der Waals surface area contributed by atoms with E-state index in [2.05, 4.69) is 31.7 Å². The SMILES string of the molecule is CC(CS)CSc1ccc(Cl)cc1. The van der Waals surface area contributed by atoms with E-state index in [-0.39, 0.29) is 0 Å². The van der Waals surface area contributed by atoms with Crippen molar-refractivity contribution in [2.24, 2.45) is 5.92 Å². The van der Waals surface area contributed by atoms with E-state index in [9.17, 15) is 0 Å². The maximum absolute atomic E-state index is 5.78. The summed E-state index contributed by atoms with van der Waals surface area (Å²) in [5.74, 6) is 2.72. The number of halogens is 1. The smallest absolute Gasteiger partial charge is 0.0406 e. The average Bonchev–Trinajstić information content (AvgIpc) is 2.16. The van der Waals surface area contributed by atoms with Gasteiger partial charge in [0, 0.05) is 15.7 Å². The van der Waals surface area contributed by atoms with Crippen LogP contribution in [0.2, 0.25) is 5.02 Å². The van der Waals surface area contributed by atoms with E-state index in [1.807, 2.05) is 23.9 Å². The minimum atomic E-state index is 0.656. The fraction of sp³-hybridized carbons (Fsp3) is 0.400. The molecule has 1 aromatic carbocycles. The second-order valence-corrected chi connectivity index (χ2v) is 4.95. The van der Waals surface area contributed by atoms with Crippen molar-refractivity contribution in [1.82, 2.24) is 0 Å². The van der Waals surface area contributed by atoms with Crippen molar-refractivity contribution in [1.29, 1.82) is 0 Å². The minimum absolute atomic E-state index is 0.656. The third-order valence-corrected chi connectivity index (χ3v) is 3.88. The van der Waals surface area contributed by atoms with Crippen molar-refractivity contribution < 1.29 is 0 Å². The predicted octanol–water partition coefficient (Wildman–Crippen LogP) is 4.00. The molecule has 0 radical (unpaired) electrons. The molecule has 0 spiro atoms. The first kappa shape index (κ1) is 11.3. The van der Waals surface area contributed by atoms with Crippen LogP contribution in [-0.4, -0.2) is 11.5 Å². The lowest BCUT2D eigenvalue weighted by Gasteiger charge is -2.06. The van der Waals surface area contributed by atoms with E-state index in [1.165, 1.54) is 4.90 Å². The number of hydrogen-bond acceptors (Lipinski definition) is 2. The lowest BCUT2D eigenvalue weighted by molar-refractivity contribution is 0.767. The highest BCUT2D eigenvalue weighted by atomic mass is 35.5. The first-order valence-electron chi connectivity index (χ1n) is 4.21. The average molecular weight is 233 g/mol. The molecule has 1 atom stereocenters. The molecule has 13 heavy (non-hydrogen) atoms. The highest BCUT2D eigenvalue weighted by Gasteiger charge is 2.00. The summed E-state index contributed by atoms with van der Waals surface area (Å²) in [4.78, 5) is 1.28. The van der Waals surface area contributed by atoms with Crippen molar-refractivity contribution >= 4 is 36.0 Å². The predicted molar refractivity (Wildman–Crippen MR) is 65.2 cm³/mol. The highest BCUT2D eigenvalue weighted by molar-refractivity contribution is 7.99. The van der Waals surface area contributed by atoms with Gasteiger partial charge in [0.1, 0.15) is 0 Å². The van der Waals surface area contributed by atoms with Crippen LogP contribution in [0.3, 0.4) is 0 Å². The van der Waals surface area contributed by atoms with Crippen LogP contribution in [-0.2, 0) is 0 Å². The van der Waals surface area contributed by atoms with Crippen molar-refractivity contribution in [3.63, 3.8) is 0 Å². The molecular formula is C10H13ClS2. The molecule has 1 aromatic rings. The molecule has 0 nitrogen and oxygen atoms in total. The topological polar surface area (TPSA) is 0 Å². The van der Waals surface area contributed by atoms with Gasteiger partial charge in [0.15, 0.2) is 0 Å². The Morgan fingerprint density at radius 1 is 1.38 bits per heavy atom.